The van der Waals surface area contributed by atoms with Crippen molar-refractivity contribution in [2.75, 3.05) is 12.4 Å². The maximum Gasteiger partial charge on any atom is 0.142 e. The minimum Gasteiger partial charge on any atom is -0.495 e. The Morgan fingerprint density at radius 1 is 1.24 bits per heavy atom. The van der Waals surface area contributed by atoms with Gasteiger partial charge in [-0.05, 0) is 55.2 Å². The minimum absolute atomic E-state index is 0.471. The summed E-state index contributed by atoms with van der Waals surface area (Å²) in [5, 5.41) is 4.37. The molecule has 2 nitrogen and oxygen atoms in total. The van der Waals surface area contributed by atoms with E-state index in [1.54, 1.807) is 7.11 Å². The lowest BCUT2D eigenvalue weighted by Crippen LogP contribution is -2.32. The zero-order chi connectivity index (χ0) is 15.5. The molecule has 1 N–H and O–H groups in total. The van der Waals surface area contributed by atoms with Crippen molar-refractivity contribution in [2.45, 2.75) is 58.9 Å². The molecular formula is C18H28ClNO. The monoisotopic (exact) mass is 309 g/mol. The van der Waals surface area contributed by atoms with E-state index in [0.717, 1.165) is 22.4 Å². The van der Waals surface area contributed by atoms with Gasteiger partial charge in [0.2, 0.25) is 0 Å². The van der Waals surface area contributed by atoms with Gasteiger partial charge in [0.05, 0.1) is 12.8 Å². The van der Waals surface area contributed by atoms with Crippen LogP contribution < -0.4 is 10.1 Å². The molecule has 21 heavy (non-hydrogen) atoms. The van der Waals surface area contributed by atoms with Crippen molar-refractivity contribution in [3.05, 3.63) is 23.2 Å². The van der Waals surface area contributed by atoms with Crippen LogP contribution in [-0.2, 0) is 0 Å². The van der Waals surface area contributed by atoms with Crippen LogP contribution >= 0.6 is 11.6 Å². The van der Waals surface area contributed by atoms with Gasteiger partial charge in [-0.3, -0.25) is 0 Å². The molecule has 0 heterocycles. The van der Waals surface area contributed by atoms with Gasteiger partial charge in [-0.1, -0.05) is 38.8 Å². The number of anilines is 1. The largest absolute Gasteiger partial charge is 0.495 e. The predicted molar refractivity (Wildman–Crippen MR) is 91.4 cm³/mol. The third-order valence-corrected chi connectivity index (χ3v) is 5.50. The maximum atomic E-state index is 6.10. The normalized spacial score (nSPS) is 22.9. The Balaban J connectivity index is 1.96. The van der Waals surface area contributed by atoms with Crippen LogP contribution in [-0.4, -0.2) is 13.2 Å². The molecule has 0 bridgehead atoms. The summed E-state index contributed by atoms with van der Waals surface area (Å²) in [5.41, 5.74) is 1.49. The van der Waals surface area contributed by atoms with Crippen molar-refractivity contribution >= 4 is 17.3 Å². The van der Waals surface area contributed by atoms with E-state index in [1.807, 2.05) is 18.2 Å². The number of ether oxygens (including phenoxy) is 1. The second-order valence-corrected chi connectivity index (χ2v) is 7.32. The Kier molecular flexibility index (Phi) is 5.43. The number of halogens is 1. The molecular weight excluding hydrogens is 282 g/mol. The first kappa shape index (κ1) is 16.5. The van der Waals surface area contributed by atoms with E-state index in [1.165, 1.54) is 32.1 Å². The Bertz CT molecular complexity index is 464. The van der Waals surface area contributed by atoms with Crippen LogP contribution in [0.1, 0.15) is 52.9 Å². The van der Waals surface area contributed by atoms with Crippen molar-refractivity contribution in [2.24, 2.45) is 11.3 Å². The molecule has 0 saturated heterocycles. The highest BCUT2D eigenvalue weighted by molar-refractivity contribution is 6.30. The van der Waals surface area contributed by atoms with Gasteiger partial charge in [-0.25, -0.2) is 0 Å². The zero-order valence-electron chi connectivity index (χ0n) is 13.7. The lowest BCUT2D eigenvalue weighted by Gasteiger charge is -2.39. The van der Waals surface area contributed by atoms with E-state index in [2.05, 4.69) is 26.1 Å². The summed E-state index contributed by atoms with van der Waals surface area (Å²) >= 11 is 6.10. The number of nitrogens with one attached hydrogen (secondary N) is 1. The summed E-state index contributed by atoms with van der Waals surface area (Å²) in [4.78, 5) is 0. The quantitative estimate of drug-likeness (QED) is 0.747. The fraction of sp³-hybridized carbons (Fsp3) is 0.667. The van der Waals surface area contributed by atoms with Gasteiger partial charge in [0.25, 0.3) is 0 Å². The molecule has 0 aliphatic heterocycles. The predicted octanol–water partition coefficient (Wildman–Crippen LogP) is 5.76. The van der Waals surface area contributed by atoms with E-state index in [4.69, 9.17) is 16.3 Å². The average molecular weight is 310 g/mol. The van der Waals surface area contributed by atoms with Crippen LogP contribution in [0.25, 0.3) is 0 Å². The molecule has 3 heteroatoms. The van der Waals surface area contributed by atoms with E-state index >= 15 is 0 Å². The SMILES string of the molecule is CCC(C)(C)C1CCC(Nc2cc(Cl)ccc2OC)CC1. The van der Waals surface area contributed by atoms with Gasteiger partial charge in [-0.15, -0.1) is 0 Å². The van der Waals surface area contributed by atoms with Gasteiger partial charge in [0, 0.05) is 11.1 Å². The van der Waals surface area contributed by atoms with Gasteiger partial charge < -0.3 is 10.1 Å². The first-order valence-electron chi connectivity index (χ1n) is 8.06. The Hall–Kier alpha value is -0.890. The van der Waals surface area contributed by atoms with Crippen molar-refractivity contribution in [3.8, 4) is 5.75 Å². The lowest BCUT2D eigenvalue weighted by molar-refractivity contribution is 0.147. The van der Waals surface area contributed by atoms with E-state index in [-0.39, 0.29) is 0 Å². The molecule has 0 radical (unpaired) electrons. The third-order valence-electron chi connectivity index (χ3n) is 5.26. The highest BCUT2D eigenvalue weighted by Gasteiger charge is 2.31. The molecule has 1 aliphatic rings. The third kappa shape index (κ3) is 4.06. The summed E-state index contributed by atoms with van der Waals surface area (Å²) in [6.07, 6.45) is 6.33. The molecule has 1 fully saturated rings. The highest BCUT2D eigenvalue weighted by atomic mass is 35.5. The summed E-state index contributed by atoms with van der Waals surface area (Å²) < 4.78 is 5.41. The van der Waals surface area contributed by atoms with Crippen molar-refractivity contribution in [1.29, 1.82) is 0 Å². The molecule has 0 amide bonds. The first-order chi connectivity index (χ1) is 9.96. The molecule has 0 unspecified atom stereocenters. The molecule has 118 valence electrons. The fourth-order valence-corrected chi connectivity index (χ4v) is 3.49. The standard InChI is InChI=1S/C18H28ClNO/c1-5-18(2,3)13-6-9-15(10-7-13)20-16-12-14(19)8-11-17(16)21-4/h8,11-13,15,20H,5-7,9-10H2,1-4H3. The molecule has 1 aromatic rings. The van der Waals surface area contributed by atoms with Crippen LogP contribution in [0, 0.1) is 11.3 Å². The Morgan fingerprint density at radius 2 is 1.90 bits per heavy atom. The van der Waals surface area contributed by atoms with Gasteiger partial charge in [0.15, 0.2) is 0 Å². The van der Waals surface area contributed by atoms with Crippen molar-refractivity contribution in [3.63, 3.8) is 0 Å². The second-order valence-electron chi connectivity index (χ2n) is 6.88. The molecule has 0 atom stereocenters. The molecule has 2 rings (SSSR count). The van der Waals surface area contributed by atoms with E-state index < -0.39 is 0 Å². The molecule has 1 aliphatic carbocycles. The van der Waals surface area contributed by atoms with Gasteiger partial charge in [-0.2, -0.15) is 0 Å². The summed E-state index contributed by atoms with van der Waals surface area (Å²) in [5.74, 6) is 1.72. The number of hydrogen-bond donors (Lipinski definition) is 1. The van der Waals surface area contributed by atoms with E-state index in [9.17, 15) is 0 Å². The number of rotatable bonds is 5. The van der Waals surface area contributed by atoms with Crippen LogP contribution in [0.4, 0.5) is 5.69 Å². The van der Waals surface area contributed by atoms with Crippen LogP contribution in [0.5, 0.6) is 5.75 Å². The smallest absolute Gasteiger partial charge is 0.142 e. The van der Waals surface area contributed by atoms with Crippen LogP contribution in [0.2, 0.25) is 5.02 Å². The van der Waals surface area contributed by atoms with Gasteiger partial charge >= 0.3 is 0 Å². The maximum absolute atomic E-state index is 6.10. The molecule has 0 aromatic heterocycles. The van der Waals surface area contributed by atoms with Crippen LogP contribution in [0.15, 0.2) is 18.2 Å². The number of hydrogen-bond acceptors (Lipinski definition) is 2. The van der Waals surface area contributed by atoms with Crippen LogP contribution in [0.3, 0.4) is 0 Å². The Labute approximate surface area is 134 Å². The summed E-state index contributed by atoms with van der Waals surface area (Å²) in [7, 11) is 1.70. The number of methoxy groups -OCH3 is 1. The van der Waals surface area contributed by atoms with Crippen molar-refractivity contribution in [1.82, 2.24) is 0 Å². The summed E-state index contributed by atoms with van der Waals surface area (Å²) in [6.45, 7) is 7.12. The first-order valence-corrected chi connectivity index (χ1v) is 8.44. The molecule has 1 saturated carbocycles. The topological polar surface area (TPSA) is 21.3 Å². The number of benzene rings is 1. The van der Waals surface area contributed by atoms with E-state index in [0.29, 0.717) is 11.5 Å². The average Bonchev–Trinajstić information content (AvgIpc) is 2.48. The van der Waals surface area contributed by atoms with Gasteiger partial charge in [0.1, 0.15) is 5.75 Å². The Morgan fingerprint density at radius 3 is 2.48 bits per heavy atom. The minimum atomic E-state index is 0.471. The zero-order valence-corrected chi connectivity index (χ0v) is 14.5. The lowest BCUT2D eigenvalue weighted by atomic mass is 9.69. The molecule has 1 aromatic carbocycles. The second kappa shape index (κ2) is 6.91. The molecule has 0 spiro atoms. The fourth-order valence-electron chi connectivity index (χ4n) is 3.32. The summed E-state index contributed by atoms with van der Waals surface area (Å²) in [6, 6.07) is 6.28. The van der Waals surface area contributed by atoms with Crippen molar-refractivity contribution < 1.29 is 4.74 Å². The highest BCUT2D eigenvalue weighted by Crippen LogP contribution is 2.41.